The van der Waals surface area contributed by atoms with Gasteiger partial charge >= 0.3 is 0 Å². The van der Waals surface area contributed by atoms with Crippen molar-refractivity contribution in [1.82, 2.24) is 10.4 Å². The number of aromatic nitrogens is 1. The molecule has 0 bridgehead atoms. The molecule has 2 rings (SSSR count). The predicted octanol–water partition coefficient (Wildman–Crippen LogP) is 1.80. The zero-order valence-electron chi connectivity index (χ0n) is 9.75. The van der Waals surface area contributed by atoms with Gasteiger partial charge in [0.1, 0.15) is 4.88 Å². The van der Waals surface area contributed by atoms with Crippen LogP contribution in [0.25, 0.3) is 0 Å². The van der Waals surface area contributed by atoms with Gasteiger partial charge in [-0.3, -0.25) is 4.79 Å². The molecule has 0 radical (unpaired) electrons. The fourth-order valence-corrected chi connectivity index (χ4v) is 2.11. The highest BCUT2D eigenvalue weighted by Crippen LogP contribution is 2.19. The van der Waals surface area contributed by atoms with Crippen LogP contribution < -0.4 is 11.2 Å². The Morgan fingerprint density at radius 2 is 2.17 bits per heavy atom. The van der Waals surface area contributed by atoms with Crippen LogP contribution in [-0.2, 0) is 0 Å². The average molecular weight is 260 g/mol. The van der Waals surface area contributed by atoms with Crippen molar-refractivity contribution >= 4 is 28.6 Å². The second kappa shape index (κ2) is 5.42. The van der Waals surface area contributed by atoms with Gasteiger partial charge in [0.2, 0.25) is 0 Å². The lowest BCUT2D eigenvalue weighted by molar-refractivity contribution is 0.0958. The highest BCUT2D eigenvalue weighted by Gasteiger charge is 2.12. The number of nitrogen functional groups attached to an aromatic ring is 1. The Labute approximate surface area is 108 Å². The number of hydrogen-bond donors (Lipinski definition) is 2. The van der Waals surface area contributed by atoms with Crippen molar-refractivity contribution in [2.45, 2.75) is 6.92 Å². The molecule has 1 aromatic carbocycles. The first kappa shape index (κ1) is 12.3. The topological polar surface area (TPSA) is 80.4 Å². The minimum absolute atomic E-state index is 0.297. The molecule has 5 nitrogen and oxygen atoms in total. The zero-order chi connectivity index (χ0) is 13.0. The first-order valence-corrected chi connectivity index (χ1v) is 6.10. The lowest BCUT2D eigenvalue weighted by Crippen LogP contribution is -2.17. The summed E-state index contributed by atoms with van der Waals surface area (Å²) in [6.07, 6.45) is 1.58. The molecule has 0 saturated heterocycles. The van der Waals surface area contributed by atoms with Crippen LogP contribution in [-0.4, -0.2) is 17.1 Å². The van der Waals surface area contributed by atoms with Crippen molar-refractivity contribution in [2.75, 3.05) is 5.73 Å². The molecule has 92 valence electrons. The number of nitrogens with one attached hydrogen (secondary N) is 1. The van der Waals surface area contributed by atoms with E-state index in [1.807, 2.05) is 30.3 Å². The molecule has 18 heavy (non-hydrogen) atoms. The summed E-state index contributed by atoms with van der Waals surface area (Å²) in [5.41, 5.74) is 9.50. The molecule has 0 spiro atoms. The number of anilines is 1. The van der Waals surface area contributed by atoms with Crippen LogP contribution in [0.4, 0.5) is 5.13 Å². The molecule has 0 aliphatic carbocycles. The number of hydrogen-bond acceptors (Lipinski definition) is 5. The number of nitrogens with two attached hydrogens (primary N) is 1. The van der Waals surface area contributed by atoms with Gasteiger partial charge in [-0.05, 0) is 12.5 Å². The standard InChI is InChI=1S/C12H12N4OS/c1-8-10(18-12(13)15-8)11(17)16-14-7-9-5-3-2-4-6-9/h2-7H,1H3,(H2,13,15)(H,16,17). The van der Waals surface area contributed by atoms with Gasteiger partial charge in [0.15, 0.2) is 5.13 Å². The Balaban J connectivity index is 2.01. The van der Waals surface area contributed by atoms with E-state index in [-0.39, 0.29) is 5.91 Å². The quantitative estimate of drug-likeness (QED) is 0.652. The van der Waals surface area contributed by atoms with Crippen LogP contribution in [0.1, 0.15) is 20.9 Å². The third-order valence-corrected chi connectivity index (χ3v) is 3.18. The maximum atomic E-state index is 11.8. The molecule has 0 fully saturated rings. The normalized spacial score (nSPS) is 10.7. The number of amides is 1. The van der Waals surface area contributed by atoms with E-state index >= 15 is 0 Å². The Bertz CT molecular complexity index is 577. The average Bonchev–Trinajstić information content (AvgIpc) is 2.70. The van der Waals surface area contributed by atoms with Crippen LogP contribution >= 0.6 is 11.3 Å². The fraction of sp³-hybridized carbons (Fsp3) is 0.0833. The molecule has 2 aromatic rings. The number of carbonyl (C=O) groups is 1. The van der Waals surface area contributed by atoms with Gasteiger partial charge in [0, 0.05) is 0 Å². The molecule has 0 unspecified atom stereocenters. The first-order valence-electron chi connectivity index (χ1n) is 5.28. The van der Waals surface area contributed by atoms with Crippen molar-refractivity contribution in [3.63, 3.8) is 0 Å². The van der Waals surface area contributed by atoms with Crippen molar-refractivity contribution in [2.24, 2.45) is 5.10 Å². The first-order chi connectivity index (χ1) is 8.66. The molecule has 6 heteroatoms. The Hall–Kier alpha value is -2.21. The van der Waals surface area contributed by atoms with Crippen LogP contribution in [0, 0.1) is 6.92 Å². The molecular formula is C12H12N4OS. The maximum absolute atomic E-state index is 11.8. The molecule has 1 heterocycles. The number of benzene rings is 1. The van der Waals surface area contributed by atoms with E-state index in [1.165, 1.54) is 0 Å². The van der Waals surface area contributed by atoms with Gasteiger partial charge in [-0.1, -0.05) is 41.7 Å². The summed E-state index contributed by atoms with van der Waals surface area (Å²) < 4.78 is 0. The minimum Gasteiger partial charge on any atom is -0.375 e. The number of hydrazone groups is 1. The highest BCUT2D eigenvalue weighted by atomic mass is 32.1. The van der Waals surface area contributed by atoms with Crippen molar-refractivity contribution < 1.29 is 4.79 Å². The minimum atomic E-state index is -0.297. The molecule has 3 N–H and O–H groups in total. The Morgan fingerprint density at radius 3 is 2.78 bits per heavy atom. The monoisotopic (exact) mass is 260 g/mol. The summed E-state index contributed by atoms with van der Waals surface area (Å²) in [5.74, 6) is -0.297. The van der Waals surface area contributed by atoms with Crippen LogP contribution in [0.3, 0.4) is 0 Å². The van der Waals surface area contributed by atoms with E-state index in [2.05, 4.69) is 15.5 Å². The highest BCUT2D eigenvalue weighted by molar-refractivity contribution is 7.17. The van der Waals surface area contributed by atoms with Gasteiger partial charge in [0.05, 0.1) is 11.9 Å². The Morgan fingerprint density at radius 1 is 1.44 bits per heavy atom. The lowest BCUT2D eigenvalue weighted by atomic mass is 10.2. The molecule has 0 aliphatic heterocycles. The second-order valence-corrected chi connectivity index (χ2v) is 4.61. The van der Waals surface area contributed by atoms with E-state index in [9.17, 15) is 4.79 Å². The SMILES string of the molecule is Cc1nc(N)sc1C(=O)NN=Cc1ccccc1. The summed E-state index contributed by atoms with van der Waals surface area (Å²) in [5, 5.41) is 4.26. The predicted molar refractivity (Wildman–Crippen MR) is 72.8 cm³/mol. The molecule has 0 saturated carbocycles. The van der Waals surface area contributed by atoms with E-state index in [1.54, 1.807) is 13.1 Å². The van der Waals surface area contributed by atoms with Gasteiger partial charge < -0.3 is 5.73 Å². The third kappa shape index (κ3) is 2.92. The summed E-state index contributed by atoms with van der Waals surface area (Å²) in [6.45, 7) is 1.74. The van der Waals surface area contributed by atoms with Crippen molar-refractivity contribution in [3.8, 4) is 0 Å². The number of nitrogens with zero attached hydrogens (tertiary/aromatic N) is 2. The van der Waals surface area contributed by atoms with Crippen LogP contribution in [0.5, 0.6) is 0 Å². The van der Waals surface area contributed by atoms with Crippen molar-refractivity contribution in [1.29, 1.82) is 0 Å². The molecule has 0 aliphatic rings. The van der Waals surface area contributed by atoms with E-state index in [0.717, 1.165) is 16.9 Å². The largest absolute Gasteiger partial charge is 0.375 e. The zero-order valence-corrected chi connectivity index (χ0v) is 10.6. The van der Waals surface area contributed by atoms with E-state index < -0.39 is 0 Å². The Kier molecular flexibility index (Phi) is 3.69. The molecule has 1 amide bonds. The van der Waals surface area contributed by atoms with E-state index in [0.29, 0.717) is 15.7 Å². The van der Waals surface area contributed by atoms with Gasteiger partial charge in [-0.15, -0.1) is 0 Å². The second-order valence-electron chi connectivity index (χ2n) is 3.58. The number of aryl methyl sites for hydroxylation is 1. The van der Waals surface area contributed by atoms with Gasteiger partial charge in [0.25, 0.3) is 5.91 Å². The van der Waals surface area contributed by atoms with Crippen molar-refractivity contribution in [3.05, 3.63) is 46.5 Å². The maximum Gasteiger partial charge on any atom is 0.283 e. The smallest absolute Gasteiger partial charge is 0.283 e. The number of carbonyl (C=O) groups excluding carboxylic acids is 1. The molecule has 0 atom stereocenters. The summed E-state index contributed by atoms with van der Waals surface area (Å²) >= 11 is 1.15. The fourth-order valence-electron chi connectivity index (χ4n) is 1.38. The summed E-state index contributed by atoms with van der Waals surface area (Å²) in [7, 11) is 0. The lowest BCUT2D eigenvalue weighted by Gasteiger charge is -1.96. The number of rotatable bonds is 3. The van der Waals surface area contributed by atoms with Gasteiger partial charge in [-0.25, -0.2) is 10.4 Å². The van der Waals surface area contributed by atoms with E-state index in [4.69, 9.17) is 5.73 Å². The number of thiazole rings is 1. The summed E-state index contributed by atoms with van der Waals surface area (Å²) in [6, 6.07) is 9.50. The van der Waals surface area contributed by atoms with Crippen LogP contribution in [0.2, 0.25) is 0 Å². The molecular weight excluding hydrogens is 248 g/mol. The van der Waals surface area contributed by atoms with Crippen LogP contribution in [0.15, 0.2) is 35.4 Å². The van der Waals surface area contributed by atoms with Gasteiger partial charge in [-0.2, -0.15) is 5.10 Å². The third-order valence-electron chi connectivity index (χ3n) is 2.20. The summed E-state index contributed by atoms with van der Waals surface area (Å²) in [4.78, 5) is 16.2. The molecule has 1 aromatic heterocycles.